The SMILES string of the molecule is Cn1c(=O)[nH]c2cc(C(=O)CCCCNCCc3ccccc3Cl)ccc21. The molecule has 1 aromatic heterocycles. The highest BCUT2D eigenvalue weighted by Crippen LogP contribution is 2.15. The first-order valence-electron chi connectivity index (χ1n) is 9.22. The topological polar surface area (TPSA) is 66.9 Å². The van der Waals surface area contributed by atoms with Crippen molar-refractivity contribution in [3.8, 4) is 0 Å². The van der Waals surface area contributed by atoms with Crippen LogP contribution >= 0.6 is 11.6 Å². The van der Waals surface area contributed by atoms with Crippen molar-refractivity contribution >= 4 is 28.4 Å². The molecule has 0 saturated carbocycles. The van der Waals surface area contributed by atoms with Crippen molar-refractivity contribution in [2.24, 2.45) is 7.05 Å². The molecule has 0 saturated heterocycles. The number of fused-ring (bicyclic) bond motifs is 1. The normalized spacial score (nSPS) is 11.2. The van der Waals surface area contributed by atoms with Gasteiger partial charge >= 0.3 is 5.69 Å². The van der Waals surface area contributed by atoms with Crippen molar-refractivity contribution in [2.75, 3.05) is 13.1 Å². The maximum Gasteiger partial charge on any atom is 0.326 e. The molecule has 0 spiro atoms. The van der Waals surface area contributed by atoms with E-state index in [9.17, 15) is 9.59 Å². The third-order valence-electron chi connectivity index (χ3n) is 4.76. The molecule has 0 radical (unpaired) electrons. The molecule has 0 aliphatic heterocycles. The van der Waals surface area contributed by atoms with E-state index in [2.05, 4.69) is 10.3 Å². The fraction of sp³-hybridized carbons (Fsp3) is 0.333. The number of Topliss-reactive ketones (excluding diaryl/α,β-unsaturated/α-hetero) is 1. The van der Waals surface area contributed by atoms with Crippen molar-refractivity contribution < 1.29 is 4.79 Å². The van der Waals surface area contributed by atoms with Crippen LogP contribution in [-0.4, -0.2) is 28.4 Å². The second kappa shape index (κ2) is 9.02. The van der Waals surface area contributed by atoms with Crippen molar-refractivity contribution in [3.05, 3.63) is 69.1 Å². The Kier molecular flexibility index (Phi) is 6.48. The lowest BCUT2D eigenvalue weighted by Crippen LogP contribution is -2.18. The molecule has 0 bridgehead atoms. The van der Waals surface area contributed by atoms with Gasteiger partial charge in [-0.3, -0.25) is 9.36 Å². The molecule has 0 aliphatic carbocycles. The van der Waals surface area contributed by atoms with E-state index in [-0.39, 0.29) is 11.5 Å². The van der Waals surface area contributed by atoms with Crippen LogP contribution in [0.3, 0.4) is 0 Å². The summed E-state index contributed by atoms with van der Waals surface area (Å²) in [7, 11) is 1.71. The van der Waals surface area contributed by atoms with Gasteiger partial charge < -0.3 is 10.3 Å². The Morgan fingerprint density at radius 3 is 2.78 bits per heavy atom. The zero-order valence-corrected chi connectivity index (χ0v) is 16.2. The number of H-pyrrole nitrogens is 1. The first kappa shape index (κ1) is 19.4. The van der Waals surface area contributed by atoms with Gasteiger partial charge in [0.2, 0.25) is 0 Å². The summed E-state index contributed by atoms with van der Waals surface area (Å²) in [6.45, 7) is 1.75. The number of hydrogen-bond donors (Lipinski definition) is 2. The van der Waals surface area contributed by atoms with Crippen LogP contribution in [0.25, 0.3) is 11.0 Å². The number of rotatable bonds is 9. The van der Waals surface area contributed by atoms with Gasteiger partial charge in [-0.1, -0.05) is 29.8 Å². The lowest BCUT2D eigenvalue weighted by molar-refractivity contribution is 0.0979. The zero-order valence-electron chi connectivity index (χ0n) is 15.4. The summed E-state index contributed by atoms with van der Waals surface area (Å²) >= 11 is 6.14. The molecule has 142 valence electrons. The molecule has 5 nitrogen and oxygen atoms in total. The van der Waals surface area contributed by atoms with Gasteiger partial charge in [-0.15, -0.1) is 0 Å². The Hall–Kier alpha value is -2.37. The zero-order chi connectivity index (χ0) is 19.2. The third kappa shape index (κ3) is 4.87. The van der Waals surface area contributed by atoms with Crippen molar-refractivity contribution in [2.45, 2.75) is 25.7 Å². The first-order chi connectivity index (χ1) is 13.1. The number of carbonyl (C=O) groups excluding carboxylic acids is 1. The Labute approximate surface area is 163 Å². The van der Waals surface area contributed by atoms with Crippen molar-refractivity contribution in [1.29, 1.82) is 0 Å². The average molecular weight is 386 g/mol. The number of benzene rings is 2. The number of aromatic amines is 1. The number of carbonyl (C=O) groups is 1. The number of hydrogen-bond acceptors (Lipinski definition) is 3. The number of nitrogens with one attached hydrogen (secondary N) is 2. The fourth-order valence-electron chi connectivity index (χ4n) is 3.14. The summed E-state index contributed by atoms with van der Waals surface area (Å²) in [5.41, 5.74) is 3.14. The summed E-state index contributed by atoms with van der Waals surface area (Å²) in [6, 6.07) is 13.3. The Balaban J connectivity index is 1.38. The van der Waals surface area contributed by atoms with Gasteiger partial charge in [0, 0.05) is 24.1 Å². The quantitative estimate of drug-likeness (QED) is 0.436. The monoisotopic (exact) mass is 385 g/mol. The van der Waals surface area contributed by atoms with Gasteiger partial charge in [0.05, 0.1) is 11.0 Å². The highest BCUT2D eigenvalue weighted by Gasteiger charge is 2.09. The minimum atomic E-state index is -0.169. The van der Waals surface area contributed by atoms with E-state index in [1.165, 1.54) is 4.57 Å². The number of unbranched alkanes of at least 4 members (excludes halogenated alkanes) is 1. The highest BCUT2D eigenvalue weighted by molar-refractivity contribution is 6.31. The van der Waals surface area contributed by atoms with Crippen LogP contribution in [0.15, 0.2) is 47.3 Å². The Morgan fingerprint density at radius 2 is 1.96 bits per heavy atom. The Morgan fingerprint density at radius 1 is 1.15 bits per heavy atom. The number of aromatic nitrogens is 2. The molecule has 0 atom stereocenters. The lowest BCUT2D eigenvalue weighted by atomic mass is 10.0. The molecule has 0 aliphatic rings. The largest absolute Gasteiger partial charge is 0.326 e. The third-order valence-corrected chi connectivity index (χ3v) is 5.13. The standard InChI is InChI=1S/C21H24ClN3O2/c1-25-19-10-9-16(14-18(19)24-21(25)27)20(26)8-4-5-12-23-13-11-15-6-2-3-7-17(15)22/h2-3,6-7,9-10,14,23H,4-5,8,11-13H2,1H3,(H,24,27). The lowest BCUT2D eigenvalue weighted by Gasteiger charge is -2.06. The number of halogens is 1. The predicted octanol–water partition coefficient (Wildman–Crippen LogP) is 3.71. The van der Waals surface area contributed by atoms with Crippen LogP contribution in [0.4, 0.5) is 0 Å². The molecular weight excluding hydrogens is 362 g/mol. The summed E-state index contributed by atoms with van der Waals surface area (Å²) in [4.78, 5) is 26.8. The number of ketones is 1. The first-order valence-corrected chi connectivity index (χ1v) is 9.60. The minimum Gasteiger partial charge on any atom is -0.316 e. The average Bonchev–Trinajstić information content (AvgIpc) is 2.95. The van der Waals surface area contributed by atoms with Gasteiger partial charge in [-0.2, -0.15) is 0 Å². The molecule has 2 aromatic carbocycles. The molecular formula is C21H24ClN3O2. The molecule has 3 rings (SSSR count). The van der Waals surface area contributed by atoms with Crippen LogP contribution < -0.4 is 11.0 Å². The second-order valence-corrected chi connectivity index (χ2v) is 7.10. The molecule has 2 N–H and O–H groups in total. The van der Waals surface area contributed by atoms with E-state index >= 15 is 0 Å². The van der Waals surface area contributed by atoms with E-state index in [1.54, 1.807) is 19.2 Å². The van der Waals surface area contributed by atoms with Gasteiger partial charge in [-0.05, 0) is 62.2 Å². The molecule has 27 heavy (non-hydrogen) atoms. The predicted molar refractivity (Wildman–Crippen MR) is 110 cm³/mol. The van der Waals surface area contributed by atoms with Crippen molar-refractivity contribution in [1.82, 2.24) is 14.9 Å². The maximum absolute atomic E-state index is 12.4. The molecule has 0 fully saturated rings. The van der Waals surface area contributed by atoms with Crippen LogP contribution in [0, 0.1) is 0 Å². The number of imidazole rings is 1. The molecule has 0 unspecified atom stereocenters. The van der Waals surface area contributed by atoms with E-state index in [0.29, 0.717) is 17.5 Å². The van der Waals surface area contributed by atoms with E-state index in [0.717, 1.165) is 48.5 Å². The van der Waals surface area contributed by atoms with Gasteiger partial charge in [0.25, 0.3) is 0 Å². The van der Waals surface area contributed by atoms with Crippen LogP contribution in [0.5, 0.6) is 0 Å². The summed E-state index contributed by atoms with van der Waals surface area (Å²) in [5.74, 6) is 0.109. The molecule has 3 aromatic rings. The summed E-state index contributed by atoms with van der Waals surface area (Å²) in [6.07, 6.45) is 3.18. The smallest absolute Gasteiger partial charge is 0.316 e. The van der Waals surface area contributed by atoms with Crippen molar-refractivity contribution in [3.63, 3.8) is 0 Å². The summed E-state index contributed by atoms with van der Waals surface area (Å²) < 4.78 is 1.54. The number of aryl methyl sites for hydroxylation is 1. The fourth-order valence-corrected chi connectivity index (χ4v) is 3.37. The van der Waals surface area contributed by atoms with E-state index in [1.807, 2.05) is 30.3 Å². The van der Waals surface area contributed by atoms with E-state index < -0.39 is 0 Å². The van der Waals surface area contributed by atoms with E-state index in [4.69, 9.17) is 11.6 Å². The minimum absolute atomic E-state index is 0.109. The maximum atomic E-state index is 12.4. The van der Waals surface area contributed by atoms with Crippen LogP contribution in [-0.2, 0) is 13.5 Å². The Bertz CT molecular complexity index is 991. The molecule has 6 heteroatoms. The molecule has 1 heterocycles. The van der Waals surface area contributed by atoms with Gasteiger partial charge in [-0.25, -0.2) is 4.79 Å². The van der Waals surface area contributed by atoms with Crippen LogP contribution in [0.2, 0.25) is 5.02 Å². The molecule has 0 amide bonds. The van der Waals surface area contributed by atoms with Crippen LogP contribution in [0.1, 0.15) is 35.2 Å². The van der Waals surface area contributed by atoms with Gasteiger partial charge in [0.1, 0.15) is 0 Å². The second-order valence-electron chi connectivity index (χ2n) is 6.69. The number of nitrogens with zero attached hydrogens (tertiary/aromatic N) is 1. The summed E-state index contributed by atoms with van der Waals surface area (Å²) in [5, 5.41) is 4.20. The van der Waals surface area contributed by atoms with Gasteiger partial charge in [0.15, 0.2) is 5.78 Å². The highest BCUT2D eigenvalue weighted by atomic mass is 35.5.